The number of hydrogen-bond acceptors (Lipinski definition) is 11. The molecule has 0 spiro atoms. The van der Waals surface area contributed by atoms with Crippen molar-refractivity contribution in [3.63, 3.8) is 0 Å². The number of fused-ring (bicyclic) bond motifs is 10. The number of phenolic OH excluding ortho intramolecular Hbond substituents is 1. The molecule has 0 saturated heterocycles. The van der Waals surface area contributed by atoms with Gasteiger partial charge in [0, 0.05) is 45.5 Å². The number of rotatable bonds is 18. The van der Waals surface area contributed by atoms with Crippen molar-refractivity contribution in [2.24, 2.45) is 51.8 Å². The molecule has 1 unspecified atom stereocenters. The number of Topliss-reactive ketones (excluding diaryl/α,β-unsaturated/α-hetero) is 1. The molecular formula is C54H75F6Na2O11PS. The monoisotopic (exact) mass is 1120 g/mol. The van der Waals surface area contributed by atoms with Gasteiger partial charge in [-0.1, -0.05) is 77.0 Å². The second kappa shape index (κ2) is 25.0. The van der Waals surface area contributed by atoms with Crippen LogP contribution in [-0.2, 0) is 35.9 Å². The van der Waals surface area contributed by atoms with Crippen molar-refractivity contribution in [2.75, 3.05) is 18.1 Å². The average molecular weight is 1120 g/mol. The van der Waals surface area contributed by atoms with Gasteiger partial charge in [0.15, 0.2) is 17.2 Å². The quantitative estimate of drug-likeness (QED) is 0.0726. The molecule has 11 nitrogen and oxygen atoms in total. The summed E-state index contributed by atoms with van der Waals surface area (Å²) in [7, 11) is -6.78. The number of aliphatic hydroxyl groups is 3. The zero-order chi connectivity index (χ0) is 53.7. The van der Waals surface area contributed by atoms with Gasteiger partial charge in [-0.2, -0.15) is 22.0 Å². The zero-order valence-corrected chi connectivity index (χ0v) is 50.2. The fraction of sp³-hybridized carbons (Fsp3) is 0.778. The third-order valence-corrected chi connectivity index (χ3v) is 21.5. The van der Waals surface area contributed by atoms with Crippen LogP contribution in [0.2, 0.25) is 0 Å². The van der Waals surface area contributed by atoms with Crippen molar-refractivity contribution in [2.45, 2.75) is 191 Å². The van der Waals surface area contributed by atoms with Crippen molar-refractivity contribution in [1.29, 1.82) is 0 Å². The normalized spacial score (nSPS) is 37.1. The summed E-state index contributed by atoms with van der Waals surface area (Å²) in [5.41, 5.74) is -3.30. The summed E-state index contributed by atoms with van der Waals surface area (Å²) in [4.78, 5) is 46.6. The standard InChI is InChI=1S/C32H47F5O3S.C22H30FO8P.2Na/c1-30-17-15-26-25-12-11-24(38)21-23(25)20-22(29(26)27(30)13-14-28(30)39)10-7-5-3-2-4-6-8-18-41(40)19-9-16-31(33,34)32(35,36)37;1-12-8-16-15-5-4-13-9-14(24)6-7-19(13,2)21(15,23)17(25)10-20(16,3)22(12,27)18(26)11-31-32(28,29)30;;/h11-12,21-22,26-29,38-39H,2-10,13-20H2,1H3;6-7,9,12,15-17,25,27H,4-5,8,10-11H2,1-3H3,(H2,28,29,30);;/q;;2*+1/p-2/t22-,26-,27+,28+,29-,30+,41?;12-,15+,16+,17+,19+,20+,21+,22+;;/m11../s1. The van der Waals surface area contributed by atoms with Crippen LogP contribution in [0.5, 0.6) is 5.75 Å². The Labute approximate surface area is 484 Å². The third kappa shape index (κ3) is 12.8. The first-order valence-corrected chi connectivity index (χ1v) is 29.4. The number of phosphoric ester groups is 1. The Morgan fingerprint density at radius 1 is 0.893 bits per heavy atom. The second-order valence-corrected chi connectivity index (χ2v) is 26.4. The molecule has 0 aromatic heterocycles. The van der Waals surface area contributed by atoms with Crippen LogP contribution in [0.1, 0.15) is 160 Å². The minimum atomic E-state index is -5.54. The molecule has 75 heavy (non-hydrogen) atoms. The maximum atomic E-state index is 17.0. The van der Waals surface area contributed by atoms with Gasteiger partial charge in [0.25, 0.3) is 0 Å². The molecule has 0 bridgehead atoms. The molecule has 0 amide bonds. The van der Waals surface area contributed by atoms with E-state index in [1.54, 1.807) is 20.8 Å². The van der Waals surface area contributed by atoms with Crippen molar-refractivity contribution < 1.29 is 139 Å². The first-order chi connectivity index (χ1) is 33.9. The molecular weight excluding hydrogens is 1050 g/mol. The molecule has 0 heterocycles. The van der Waals surface area contributed by atoms with Gasteiger partial charge < -0.3 is 39.3 Å². The van der Waals surface area contributed by atoms with E-state index < -0.39 is 102 Å². The van der Waals surface area contributed by atoms with Crippen LogP contribution in [-0.4, -0.2) is 89.9 Å². The van der Waals surface area contributed by atoms with E-state index in [4.69, 9.17) is 0 Å². The van der Waals surface area contributed by atoms with Crippen molar-refractivity contribution in [1.82, 2.24) is 0 Å². The minimum absolute atomic E-state index is 0. The molecule has 7 aliphatic carbocycles. The summed E-state index contributed by atoms with van der Waals surface area (Å²) < 4.78 is 107. The van der Waals surface area contributed by atoms with Crippen LogP contribution in [0.25, 0.3) is 0 Å². The molecule has 1 aromatic rings. The molecule has 8 rings (SSSR count). The Morgan fingerprint density at radius 2 is 1.53 bits per heavy atom. The first kappa shape index (κ1) is 65.4. The van der Waals surface area contributed by atoms with E-state index in [-0.39, 0.29) is 95.0 Å². The molecule has 21 heteroatoms. The Hall–Kier alpha value is -0.440. The van der Waals surface area contributed by atoms with Crippen molar-refractivity contribution in [3.05, 3.63) is 53.1 Å². The van der Waals surface area contributed by atoms with Crippen molar-refractivity contribution in [3.8, 4) is 5.75 Å². The number of aliphatic hydroxyl groups excluding tert-OH is 2. The van der Waals surface area contributed by atoms with Crippen LogP contribution in [0.3, 0.4) is 0 Å². The van der Waals surface area contributed by atoms with Gasteiger partial charge in [-0.3, -0.25) is 13.8 Å². The summed E-state index contributed by atoms with van der Waals surface area (Å²) in [6.07, 6.45) is 9.51. The Bertz CT molecular complexity index is 2340. The first-order valence-electron chi connectivity index (χ1n) is 26.5. The summed E-state index contributed by atoms with van der Waals surface area (Å²) in [5, 5.41) is 43.7. The third-order valence-electron chi connectivity index (χ3n) is 19.6. The van der Waals surface area contributed by atoms with Crippen LogP contribution in [0, 0.1) is 51.8 Å². The average Bonchev–Trinajstić information content (AvgIpc) is 3.72. The van der Waals surface area contributed by atoms with Crippen molar-refractivity contribution >= 4 is 30.2 Å². The van der Waals surface area contributed by atoms with E-state index in [0.717, 1.165) is 77.0 Å². The number of unbranched alkanes of at least 4 members (excludes halogenated alkanes) is 6. The van der Waals surface area contributed by atoms with Gasteiger partial charge in [0.05, 0.1) is 20.0 Å². The number of alkyl halides is 6. The summed E-state index contributed by atoms with van der Waals surface area (Å²) in [6.45, 7) is 6.10. The van der Waals surface area contributed by atoms with E-state index in [9.17, 15) is 70.5 Å². The van der Waals surface area contributed by atoms with Gasteiger partial charge >= 0.3 is 71.2 Å². The Kier molecular flexibility index (Phi) is 21.8. The smallest absolute Gasteiger partial charge is 0.790 e. The summed E-state index contributed by atoms with van der Waals surface area (Å²) in [6, 6.07) is 5.92. The zero-order valence-electron chi connectivity index (χ0n) is 44.5. The number of benzene rings is 1. The van der Waals surface area contributed by atoms with Gasteiger partial charge in [0.1, 0.15) is 18.0 Å². The van der Waals surface area contributed by atoms with Crippen LogP contribution in [0.4, 0.5) is 26.3 Å². The number of phenols is 1. The van der Waals surface area contributed by atoms with E-state index in [1.165, 1.54) is 29.4 Å². The number of halogens is 6. The Morgan fingerprint density at radius 3 is 2.19 bits per heavy atom. The largest absolute Gasteiger partial charge is 1.00 e. The van der Waals surface area contributed by atoms with Crippen LogP contribution >= 0.6 is 7.82 Å². The van der Waals surface area contributed by atoms with Gasteiger partial charge in [-0.15, -0.1) is 0 Å². The molecule has 0 aliphatic heterocycles. The molecule has 0 radical (unpaired) electrons. The van der Waals surface area contributed by atoms with Crippen LogP contribution < -0.4 is 68.9 Å². The number of phosphoric acid groups is 1. The molecule has 5 fully saturated rings. The van der Waals surface area contributed by atoms with Gasteiger partial charge in [-0.25, -0.2) is 4.39 Å². The Balaban J connectivity index is 0.000000278. The molecule has 4 N–H and O–H groups in total. The number of ketones is 2. The number of carbonyl (C=O) groups excluding carboxylic acids is 2. The maximum Gasteiger partial charge on any atom is 1.00 e. The second-order valence-electron chi connectivity index (χ2n) is 23.5. The van der Waals surface area contributed by atoms with E-state index >= 15 is 4.39 Å². The fourth-order valence-electron chi connectivity index (χ4n) is 15.7. The summed E-state index contributed by atoms with van der Waals surface area (Å²) >= 11 is 0. The van der Waals surface area contributed by atoms with E-state index in [0.29, 0.717) is 60.0 Å². The number of hydrogen-bond donors (Lipinski definition) is 4. The maximum absolute atomic E-state index is 17.0. The fourth-order valence-corrected chi connectivity index (χ4v) is 17.1. The predicted octanol–water partition coefficient (Wildman–Crippen LogP) is 3.44. The van der Waals surface area contributed by atoms with Gasteiger partial charge in [0.2, 0.25) is 0 Å². The molecule has 412 valence electrons. The van der Waals surface area contributed by atoms with E-state index in [1.807, 2.05) is 12.1 Å². The van der Waals surface area contributed by atoms with Crippen LogP contribution in [0.15, 0.2) is 42.0 Å². The SMILES string of the molecule is C[C@@H]1C[C@H]2[C@@H]3CCC4=CC(=O)C=C[C@]4(C)[C@@]3(F)[C@@H](O)C[C@]2(C)[C@@]1(O)C(=O)COP(=O)([O-])[O-].C[C@]12CC[C@@H]3c4ccc(O)cc4C[C@@H](CCCCCCCCCS(=O)CCCC(F)(F)C(F)(F)F)[C@H]3[C@@H]1CC[C@@H]2O.[Na+].[Na+]. The number of carbonyl (C=O) groups is 2. The topological polar surface area (TPSA) is 205 Å². The van der Waals surface area contributed by atoms with Gasteiger partial charge in [-0.05, 0) is 160 Å². The molecule has 15 atom stereocenters. The molecule has 7 aliphatic rings. The predicted molar refractivity (Wildman–Crippen MR) is 259 cm³/mol. The minimum Gasteiger partial charge on any atom is -0.790 e. The molecule has 1 aromatic carbocycles. The number of aromatic hydroxyl groups is 1. The van der Waals surface area contributed by atoms with E-state index in [2.05, 4.69) is 17.5 Å². The summed E-state index contributed by atoms with van der Waals surface area (Å²) in [5.74, 6) is -4.97. The molecule has 5 saturated carbocycles. The number of allylic oxidation sites excluding steroid dienone is 4.